The molecule has 6 heteroatoms. The lowest BCUT2D eigenvalue weighted by Crippen LogP contribution is -2.21. The predicted molar refractivity (Wildman–Crippen MR) is 72.3 cm³/mol. The van der Waals surface area contributed by atoms with Gasteiger partial charge in [-0.15, -0.1) is 11.8 Å². The Kier molecular flexibility index (Phi) is 3.88. The molecule has 0 radical (unpaired) electrons. The number of carbonyl (C=O) groups is 2. The molecule has 0 saturated carbocycles. The Bertz CT molecular complexity index is 561. The van der Waals surface area contributed by atoms with Gasteiger partial charge in [0.1, 0.15) is 10.1 Å². The Labute approximate surface area is 112 Å². The molecule has 0 aliphatic carbocycles. The molecular formula is C12H8NO3S2-. The highest BCUT2D eigenvalue weighted by atomic mass is 32.2. The largest absolute Gasteiger partial charge is 0.545 e. The summed E-state index contributed by atoms with van der Waals surface area (Å²) in [4.78, 5) is 26.3. The number of hydrogen-bond acceptors (Lipinski definition) is 6. The number of thioether (sulfide) groups is 2. The van der Waals surface area contributed by atoms with Crippen LogP contribution in [0.1, 0.15) is 15.9 Å². The van der Waals surface area contributed by atoms with Crippen LogP contribution in [0.3, 0.4) is 0 Å². The molecule has 1 aliphatic heterocycles. The fourth-order valence-electron chi connectivity index (χ4n) is 1.35. The lowest BCUT2D eigenvalue weighted by atomic mass is 10.1. The van der Waals surface area contributed by atoms with Crippen molar-refractivity contribution in [3.8, 4) is 0 Å². The summed E-state index contributed by atoms with van der Waals surface area (Å²) in [6.45, 7) is 0. The summed E-state index contributed by atoms with van der Waals surface area (Å²) < 4.78 is 0.720. The van der Waals surface area contributed by atoms with Gasteiger partial charge in [-0.1, -0.05) is 24.3 Å². The molecule has 92 valence electrons. The third-order valence-corrected chi connectivity index (χ3v) is 4.08. The Morgan fingerprint density at radius 3 is 2.56 bits per heavy atom. The van der Waals surface area contributed by atoms with Crippen LogP contribution in [0.25, 0.3) is 6.08 Å². The topological polar surface area (TPSA) is 69.6 Å². The first kappa shape index (κ1) is 12.9. The zero-order valence-corrected chi connectivity index (χ0v) is 11.0. The minimum atomic E-state index is -1.22. The number of benzene rings is 1. The van der Waals surface area contributed by atoms with Gasteiger partial charge in [-0.2, -0.15) is 0 Å². The molecule has 2 rings (SSSR count). The molecule has 0 spiro atoms. The molecule has 0 atom stereocenters. The van der Waals surface area contributed by atoms with Gasteiger partial charge in [0, 0.05) is 0 Å². The molecule has 0 amide bonds. The van der Waals surface area contributed by atoms with Crippen molar-refractivity contribution in [3.63, 3.8) is 0 Å². The lowest BCUT2D eigenvalue weighted by molar-refractivity contribution is -0.255. The second-order valence-corrected chi connectivity index (χ2v) is 5.43. The third kappa shape index (κ3) is 2.83. The summed E-state index contributed by atoms with van der Waals surface area (Å²) in [7, 11) is 0. The molecule has 0 N–H and O–H groups in total. The van der Waals surface area contributed by atoms with Crippen LogP contribution in [0.2, 0.25) is 0 Å². The smallest absolute Gasteiger partial charge is 0.244 e. The van der Waals surface area contributed by atoms with Crippen LogP contribution in [0.5, 0.6) is 0 Å². The van der Waals surface area contributed by atoms with Crippen molar-refractivity contribution < 1.29 is 14.7 Å². The van der Waals surface area contributed by atoms with E-state index in [4.69, 9.17) is 0 Å². The van der Waals surface area contributed by atoms with Crippen molar-refractivity contribution >= 4 is 45.1 Å². The van der Waals surface area contributed by atoms with Crippen molar-refractivity contribution in [2.45, 2.75) is 0 Å². The standard InChI is InChI=1S/C12H9NO3S2/c1-17-12-13-9(11(16)18-12)6-7-2-4-8(5-3-7)10(14)15/h2-6H,1H3,(H,14,15)/p-1. The highest BCUT2D eigenvalue weighted by molar-refractivity contribution is 8.45. The predicted octanol–water partition coefficient (Wildman–Crippen LogP) is 1.38. The molecule has 1 aliphatic rings. The van der Waals surface area contributed by atoms with Crippen molar-refractivity contribution in [1.82, 2.24) is 0 Å². The lowest BCUT2D eigenvalue weighted by Gasteiger charge is -2.01. The van der Waals surface area contributed by atoms with Gasteiger partial charge in [-0.3, -0.25) is 4.79 Å². The monoisotopic (exact) mass is 278 g/mol. The molecule has 0 bridgehead atoms. The van der Waals surface area contributed by atoms with Gasteiger partial charge in [0.15, 0.2) is 0 Å². The molecular weight excluding hydrogens is 270 g/mol. The van der Waals surface area contributed by atoms with E-state index < -0.39 is 5.97 Å². The fraction of sp³-hybridized carbons (Fsp3) is 0.0833. The summed E-state index contributed by atoms with van der Waals surface area (Å²) in [5.74, 6) is -1.22. The SMILES string of the molecule is CSC1=NC(=Cc2ccc(C(=O)[O-])cc2)C(=O)S1. The van der Waals surface area contributed by atoms with Gasteiger partial charge in [-0.25, -0.2) is 4.99 Å². The summed E-state index contributed by atoms with van der Waals surface area (Å²) >= 11 is 2.52. The average Bonchev–Trinajstić information content (AvgIpc) is 2.71. The number of nitrogens with zero attached hydrogens (tertiary/aromatic N) is 1. The molecule has 1 aromatic rings. The van der Waals surface area contributed by atoms with Gasteiger partial charge in [0.2, 0.25) is 5.12 Å². The average molecular weight is 278 g/mol. The van der Waals surface area contributed by atoms with Crippen LogP contribution in [-0.4, -0.2) is 21.7 Å². The molecule has 4 nitrogen and oxygen atoms in total. The molecule has 0 fully saturated rings. The summed E-state index contributed by atoms with van der Waals surface area (Å²) in [5, 5.41) is 10.5. The molecule has 1 heterocycles. The number of carbonyl (C=O) groups excluding carboxylic acids is 2. The minimum absolute atomic E-state index is 0.0941. The Hall–Kier alpha value is -1.53. The first-order valence-corrected chi connectivity index (χ1v) is 7.02. The Morgan fingerprint density at radius 2 is 2.06 bits per heavy atom. The molecule has 0 unspecified atom stereocenters. The first-order chi connectivity index (χ1) is 8.60. The van der Waals surface area contributed by atoms with E-state index in [9.17, 15) is 14.7 Å². The number of carboxylic acid groups (broad SMARTS) is 1. The van der Waals surface area contributed by atoms with Gasteiger partial charge in [0.05, 0.1) is 5.97 Å². The quantitative estimate of drug-likeness (QED) is 0.764. The second kappa shape index (κ2) is 5.41. The number of hydrogen-bond donors (Lipinski definition) is 0. The highest BCUT2D eigenvalue weighted by Crippen LogP contribution is 2.29. The number of aromatic carboxylic acids is 1. The first-order valence-electron chi connectivity index (χ1n) is 4.98. The number of carboxylic acids is 1. The van der Waals surface area contributed by atoms with E-state index in [1.54, 1.807) is 18.2 Å². The van der Waals surface area contributed by atoms with Crippen LogP contribution in [0, 0.1) is 0 Å². The summed E-state index contributed by atoms with van der Waals surface area (Å²) in [6, 6.07) is 6.10. The van der Waals surface area contributed by atoms with Crippen LogP contribution < -0.4 is 5.11 Å². The van der Waals surface area contributed by atoms with E-state index in [0.717, 1.165) is 21.7 Å². The Morgan fingerprint density at radius 1 is 1.39 bits per heavy atom. The fourth-order valence-corrected chi connectivity index (χ4v) is 2.61. The van der Waals surface area contributed by atoms with Crippen LogP contribution in [-0.2, 0) is 4.79 Å². The highest BCUT2D eigenvalue weighted by Gasteiger charge is 2.21. The Balaban J connectivity index is 2.25. The maximum Gasteiger partial charge on any atom is 0.244 e. The molecule has 18 heavy (non-hydrogen) atoms. The van der Waals surface area contributed by atoms with E-state index in [-0.39, 0.29) is 10.7 Å². The van der Waals surface area contributed by atoms with Gasteiger partial charge < -0.3 is 9.90 Å². The van der Waals surface area contributed by atoms with Crippen LogP contribution in [0.15, 0.2) is 35.0 Å². The number of aliphatic imine (C=N–C) groups is 1. The van der Waals surface area contributed by atoms with E-state index >= 15 is 0 Å². The van der Waals surface area contributed by atoms with E-state index in [1.807, 2.05) is 6.26 Å². The van der Waals surface area contributed by atoms with Gasteiger partial charge in [0.25, 0.3) is 0 Å². The van der Waals surface area contributed by atoms with Crippen molar-refractivity contribution in [2.24, 2.45) is 4.99 Å². The maximum absolute atomic E-state index is 11.6. The van der Waals surface area contributed by atoms with E-state index in [1.165, 1.54) is 23.9 Å². The zero-order chi connectivity index (χ0) is 13.1. The maximum atomic E-state index is 11.6. The molecule has 0 saturated heterocycles. The minimum Gasteiger partial charge on any atom is -0.545 e. The van der Waals surface area contributed by atoms with E-state index in [2.05, 4.69) is 4.99 Å². The van der Waals surface area contributed by atoms with Gasteiger partial charge >= 0.3 is 0 Å². The summed E-state index contributed by atoms with van der Waals surface area (Å²) in [6.07, 6.45) is 3.49. The van der Waals surface area contributed by atoms with Gasteiger partial charge in [-0.05, 0) is 35.2 Å². The third-order valence-electron chi connectivity index (χ3n) is 2.23. The van der Waals surface area contributed by atoms with Crippen molar-refractivity contribution in [2.75, 3.05) is 6.26 Å². The molecule has 0 aromatic heterocycles. The van der Waals surface area contributed by atoms with Crippen LogP contribution in [0.4, 0.5) is 0 Å². The van der Waals surface area contributed by atoms with Crippen molar-refractivity contribution in [1.29, 1.82) is 0 Å². The molecule has 1 aromatic carbocycles. The number of rotatable bonds is 2. The zero-order valence-electron chi connectivity index (χ0n) is 9.38. The van der Waals surface area contributed by atoms with Crippen LogP contribution >= 0.6 is 23.5 Å². The summed E-state index contributed by atoms with van der Waals surface area (Å²) in [5.41, 5.74) is 1.22. The normalized spacial score (nSPS) is 17.1. The van der Waals surface area contributed by atoms with E-state index in [0.29, 0.717) is 5.70 Å². The van der Waals surface area contributed by atoms with Crippen molar-refractivity contribution in [3.05, 3.63) is 41.1 Å². The second-order valence-electron chi connectivity index (χ2n) is 3.41.